The molecule has 0 aromatic rings. The molecule has 21 heavy (non-hydrogen) atoms. The van der Waals surface area contributed by atoms with Gasteiger partial charge in [0.25, 0.3) is 0 Å². The van der Waals surface area contributed by atoms with E-state index in [0.717, 1.165) is 4.90 Å². The zero-order chi connectivity index (χ0) is 14.1. The topological polar surface area (TPSA) is 127 Å². The number of carboxylic acids is 3. The van der Waals surface area contributed by atoms with E-state index in [9.17, 15) is 29.7 Å². The van der Waals surface area contributed by atoms with Gasteiger partial charge in [-0.15, -0.1) is 0 Å². The van der Waals surface area contributed by atoms with E-state index >= 15 is 0 Å². The Kier molecular flexibility index (Phi) is 22.9. The molecule has 0 rings (SSSR count). The average molecular weight is 280 g/mol. The smallest absolute Gasteiger partial charge is 0.549 e. The first-order chi connectivity index (χ1) is 8.35. The van der Waals surface area contributed by atoms with Crippen molar-refractivity contribution in [3.05, 3.63) is 0 Å². The summed E-state index contributed by atoms with van der Waals surface area (Å²) < 4.78 is 0. The third kappa shape index (κ3) is 18.1. The summed E-state index contributed by atoms with van der Waals surface area (Å²) in [7, 11) is 0. The maximum absolute atomic E-state index is 10.4. The number of aliphatic carboxylic acids is 3. The van der Waals surface area contributed by atoms with Gasteiger partial charge in [0.2, 0.25) is 0 Å². The van der Waals surface area contributed by atoms with Crippen molar-refractivity contribution in [1.29, 1.82) is 0 Å². The number of likely N-dealkylation sites (N-methyl/N-ethyl adjacent to an activating group) is 1. The van der Waals surface area contributed by atoms with E-state index in [1.165, 1.54) is 4.90 Å². The van der Waals surface area contributed by atoms with E-state index in [1.807, 2.05) is 0 Å². The third-order valence-corrected chi connectivity index (χ3v) is 2.24. The van der Waals surface area contributed by atoms with Crippen LogP contribution in [0.25, 0.3) is 0 Å². The maximum Gasteiger partial charge on any atom is 1.00 e. The Morgan fingerprint density at radius 2 is 1.00 bits per heavy atom. The Hall–Kier alpha value is 0.122. The molecule has 11 heteroatoms. The molecule has 0 saturated carbocycles. The fourth-order valence-electron chi connectivity index (χ4n) is 1.39. The quantitative estimate of drug-likeness (QED) is 0.361. The molecule has 0 aliphatic rings. The Balaban J connectivity index is -0.000000482. The van der Waals surface area contributed by atoms with Gasteiger partial charge in [0.15, 0.2) is 0 Å². The molecule has 0 radical (unpaired) electrons. The summed E-state index contributed by atoms with van der Waals surface area (Å²) in [5, 5.41) is 31.2. The second-order valence-electron chi connectivity index (χ2n) is 3.70. The van der Waals surface area contributed by atoms with E-state index in [0.29, 0.717) is 6.54 Å². The summed E-state index contributed by atoms with van der Waals surface area (Å²) in [5.74, 6) is -4.05. The molecular weight excluding hydrogens is 265 g/mol. The molecule has 0 aliphatic carbocycles. The molecule has 0 unspecified atom stereocenters. The van der Waals surface area contributed by atoms with Crippen molar-refractivity contribution in [2.45, 2.75) is 6.92 Å². The molecule has 0 spiro atoms. The number of hydrogen-bond acceptors (Lipinski definition) is 8. The van der Waals surface area contributed by atoms with Crippen molar-refractivity contribution in [2.75, 3.05) is 39.3 Å². The minimum atomic E-state index is -1.40. The average Bonchev–Trinajstić information content (AvgIpc) is 2.21. The number of rotatable bonds is 10. The number of carbonyl (C=O) groups is 3. The van der Waals surface area contributed by atoms with Gasteiger partial charge in [0, 0.05) is 32.7 Å². The Morgan fingerprint density at radius 1 is 0.714 bits per heavy atom. The fourth-order valence-corrected chi connectivity index (χ4v) is 1.39. The van der Waals surface area contributed by atoms with Crippen LogP contribution in [0.3, 0.4) is 0 Å². The van der Waals surface area contributed by atoms with Gasteiger partial charge in [0.1, 0.15) is 0 Å². The maximum atomic E-state index is 10.4. The van der Waals surface area contributed by atoms with Gasteiger partial charge in [-0.2, -0.15) is 0 Å². The second kappa shape index (κ2) is 16.5. The zero-order valence-electron chi connectivity index (χ0n) is 13.1. The van der Waals surface area contributed by atoms with Crippen LogP contribution in [0, 0.1) is 0 Å². The van der Waals surface area contributed by atoms with Gasteiger partial charge in [-0.25, -0.2) is 0 Å². The summed E-state index contributed by atoms with van der Waals surface area (Å²) in [4.78, 5) is 33.8. The van der Waals surface area contributed by atoms with E-state index in [4.69, 9.17) is 0 Å². The van der Waals surface area contributed by atoms with Crippen LogP contribution in [-0.2, 0) is 14.4 Å². The molecule has 0 heterocycles. The predicted molar refractivity (Wildman–Crippen MR) is 53.6 cm³/mol. The number of carbonyl (C=O) groups excluding carboxylic acids is 3. The van der Waals surface area contributed by atoms with E-state index in [1.54, 1.807) is 6.92 Å². The molecule has 0 fully saturated rings. The summed E-state index contributed by atoms with van der Waals surface area (Å²) in [6, 6.07) is 0. The molecule has 0 atom stereocenters. The van der Waals surface area contributed by atoms with Crippen molar-refractivity contribution in [3.63, 3.8) is 0 Å². The minimum absolute atomic E-state index is 0. The molecule has 8 nitrogen and oxygen atoms in total. The summed E-state index contributed by atoms with van der Waals surface area (Å²) in [5.41, 5.74) is 0. The third-order valence-electron chi connectivity index (χ3n) is 2.24. The Morgan fingerprint density at radius 3 is 1.29 bits per heavy atom. The van der Waals surface area contributed by atoms with Crippen LogP contribution in [0.2, 0.25) is 0 Å². The first kappa shape index (κ1) is 29.2. The van der Waals surface area contributed by atoms with E-state index < -0.39 is 31.0 Å². The van der Waals surface area contributed by atoms with Gasteiger partial charge in [0.05, 0.1) is 17.9 Å². The molecule has 104 valence electrons. The van der Waals surface area contributed by atoms with Gasteiger partial charge >= 0.3 is 56.6 Å². The van der Waals surface area contributed by atoms with Crippen LogP contribution < -0.4 is 71.9 Å². The molecule has 0 aromatic carbocycles. The monoisotopic (exact) mass is 280 g/mol. The van der Waals surface area contributed by atoms with Crippen molar-refractivity contribution in [1.82, 2.24) is 9.80 Å². The van der Waals surface area contributed by atoms with Crippen molar-refractivity contribution >= 4 is 17.9 Å². The SMILES string of the molecule is CCN(CCN(CC(=O)[O-])CC(=O)[O-])CC(=O)[O-].[Li+].[Li+].[Li+]. The van der Waals surface area contributed by atoms with Crippen LogP contribution in [-0.4, -0.2) is 67.0 Å². The van der Waals surface area contributed by atoms with E-state index in [-0.39, 0.29) is 76.2 Å². The summed E-state index contributed by atoms with van der Waals surface area (Å²) in [6.45, 7) is 1.08. The van der Waals surface area contributed by atoms with Crippen molar-refractivity contribution < 1.29 is 86.3 Å². The largest absolute Gasteiger partial charge is 1.00 e. The molecule has 0 aliphatic heterocycles. The fraction of sp³-hybridized carbons (Fsp3) is 0.700. The van der Waals surface area contributed by atoms with Crippen LogP contribution in [0.15, 0.2) is 0 Å². The first-order valence-corrected chi connectivity index (χ1v) is 5.39. The standard InChI is InChI=1S/C10H18N2O6.3Li/c1-2-11(5-8(13)14)3-4-12(6-9(15)16)7-10(17)18;;;/h2-7H2,1H3,(H,13,14)(H,15,16)(H,17,18);;;/q;3*+1/p-3. The molecular formula is C10H15Li3N2O6. The number of nitrogens with zero attached hydrogens (tertiary/aromatic N) is 2. The Labute approximate surface area is 159 Å². The van der Waals surface area contributed by atoms with E-state index in [2.05, 4.69) is 0 Å². The van der Waals surface area contributed by atoms with Gasteiger partial charge in [-0.05, 0) is 6.54 Å². The molecule has 0 amide bonds. The van der Waals surface area contributed by atoms with Gasteiger partial charge in [-0.1, -0.05) is 6.92 Å². The zero-order valence-corrected chi connectivity index (χ0v) is 13.1. The molecule has 0 N–H and O–H groups in total. The minimum Gasteiger partial charge on any atom is -0.549 e. The Bertz CT molecular complexity index is 303. The summed E-state index contributed by atoms with van der Waals surface area (Å²) in [6.07, 6.45) is 0. The van der Waals surface area contributed by atoms with Crippen LogP contribution in [0.1, 0.15) is 6.92 Å². The molecule has 0 saturated heterocycles. The van der Waals surface area contributed by atoms with Crippen LogP contribution in [0.5, 0.6) is 0 Å². The van der Waals surface area contributed by atoms with Gasteiger partial charge < -0.3 is 29.7 Å². The number of carboxylic acid groups (broad SMARTS) is 3. The normalized spacial score (nSPS) is 9.29. The predicted octanol–water partition coefficient (Wildman–Crippen LogP) is -14.1. The molecule has 0 bridgehead atoms. The first-order valence-electron chi connectivity index (χ1n) is 5.39. The molecule has 0 aromatic heterocycles. The summed E-state index contributed by atoms with van der Waals surface area (Å²) >= 11 is 0. The van der Waals surface area contributed by atoms with Crippen LogP contribution >= 0.6 is 0 Å². The van der Waals surface area contributed by atoms with Crippen molar-refractivity contribution in [2.24, 2.45) is 0 Å². The second-order valence-corrected chi connectivity index (χ2v) is 3.70. The number of hydrogen-bond donors (Lipinski definition) is 0. The van der Waals surface area contributed by atoms with Crippen molar-refractivity contribution in [3.8, 4) is 0 Å². The van der Waals surface area contributed by atoms with Gasteiger partial charge in [-0.3, -0.25) is 9.80 Å². The van der Waals surface area contributed by atoms with Crippen LogP contribution in [0.4, 0.5) is 0 Å².